The first-order valence-corrected chi connectivity index (χ1v) is 11.8. The molecular weight excluding hydrogens is 420 g/mol. The quantitative estimate of drug-likeness (QED) is 0.321. The van der Waals surface area contributed by atoms with Gasteiger partial charge in [-0.3, -0.25) is 4.79 Å². The molecule has 0 aromatic heterocycles. The number of Topliss-reactive ketones (excluding diaryl/α,β-unsaturated/α-hetero) is 1. The molecule has 0 spiro atoms. The zero-order valence-electron chi connectivity index (χ0n) is 20.7. The summed E-state index contributed by atoms with van der Waals surface area (Å²) in [5.74, 6) is -0.303. The van der Waals surface area contributed by atoms with E-state index in [-0.39, 0.29) is 28.6 Å². The fourth-order valence-electron chi connectivity index (χ4n) is 6.04. The second-order valence-electron chi connectivity index (χ2n) is 10.6. The van der Waals surface area contributed by atoms with Gasteiger partial charge in [-0.15, -0.1) is 0 Å². The van der Waals surface area contributed by atoms with Gasteiger partial charge in [0.05, 0.1) is 17.4 Å². The van der Waals surface area contributed by atoms with E-state index in [0.717, 1.165) is 22.8 Å². The molecule has 1 fully saturated rings. The lowest BCUT2D eigenvalue weighted by atomic mass is 9.69. The Morgan fingerprint density at radius 1 is 1.03 bits per heavy atom. The third-order valence-corrected chi connectivity index (χ3v) is 8.01. The van der Waals surface area contributed by atoms with Crippen LogP contribution < -0.4 is 10.2 Å². The van der Waals surface area contributed by atoms with E-state index < -0.39 is 0 Å². The van der Waals surface area contributed by atoms with Crippen molar-refractivity contribution in [3.8, 4) is 6.19 Å². The first-order valence-electron chi connectivity index (χ1n) is 11.8. The second kappa shape index (κ2) is 7.43. The normalized spacial score (nSPS) is 26.4. The minimum Gasteiger partial charge on any atom is -0.347 e. The minimum absolute atomic E-state index is 0.0769. The fraction of sp³-hybridized carbons (Fsp3) is 0.345. The number of nitrogens with one attached hydrogen (secondary N) is 1. The topological polar surface area (TPSA) is 59.1 Å². The van der Waals surface area contributed by atoms with Crippen LogP contribution in [0, 0.1) is 17.4 Å². The van der Waals surface area contributed by atoms with Crippen LogP contribution in [0.1, 0.15) is 38.8 Å². The van der Waals surface area contributed by atoms with Crippen LogP contribution in [-0.2, 0) is 15.6 Å². The number of allylic oxidation sites excluding steroid dienone is 2. The number of nitrogens with zero attached hydrogens (tertiary/aromatic N) is 3. The summed E-state index contributed by atoms with van der Waals surface area (Å²) < 4.78 is 2.16. The van der Waals surface area contributed by atoms with Gasteiger partial charge >= 0.3 is 0 Å². The van der Waals surface area contributed by atoms with Crippen LogP contribution in [0.15, 0.2) is 72.0 Å². The summed E-state index contributed by atoms with van der Waals surface area (Å²) in [6, 6.07) is 16.4. The molecule has 2 aromatic rings. The monoisotopic (exact) mass is 451 g/mol. The van der Waals surface area contributed by atoms with Crippen molar-refractivity contribution in [2.24, 2.45) is 5.92 Å². The Bertz CT molecular complexity index is 1350. The molecule has 0 bridgehead atoms. The number of ketones is 1. The summed E-state index contributed by atoms with van der Waals surface area (Å²) in [5.41, 5.74) is 7.19. The molecule has 2 unspecified atom stereocenters. The average Bonchev–Trinajstić information content (AvgIpc) is 3.13. The van der Waals surface area contributed by atoms with Crippen molar-refractivity contribution in [3.63, 3.8) is 0 Å². The first-order chi connectivity index (χ1) is 16.1. The molecule has 5 nitrogen and oxygen atoms in total. The summed E-state index contributed by atoms with van der Waals surface area (Å²) in [5, 5.41) is 12.4. The lowest BCUT2D eigenvalue weighted by Gasteiger charge is -2.37. The molecule has 3 aliphatic rings. The minimum atomic E-state index is -0.380. The zero-order chi connectivity index (χ0) is 24.4. The molecule has 1 N–H and O–H groups in total. The standard InChI is InChI=1S/C29H31N4O/c1-28(2)20-11-7-9-13-22(20)32(5)24(28)15-18-26(31-17-30)19(27(18)34)16-25-29(3,4)21-12-8-10-14-23(21)33(25)6/h7-16,18,26,31H,1-6H3/q+1. The van der Waals surface area contributed by atoms with E-state index in [1.165, 1.54) is 11.1 Å². The lowest BCUT2D eigenvalue weighted by molar-refractivity contribution is -0.401. The molecule has 1 aliphatic carbocycles. The van der Waals surface area contributed by atoms with E-state index in [0.29, 0.717) is 5.57 Å². The van der Waals surface area contributed by atoms with Crippen LogP contribution in [0.3, 0.4) is 0 Å². The van der Waals surface area contributed by atoms with Crippen molar-refractivity contribution in [1.82, 2.24) is 5.32 Å². The number of carbonyl (C=O) groups is 1. The van der Waals surface area contributed by atoms with E-state index in [4.69, 9.17) is 0 Å². The second-order valence-corrected chi connectivity index (χ2v) is 10.6. The highest BCUT2D eigenvalue weighted by Gasteiger charge is 2.50. The van der Waals surface area contributed by atoms with Crippen LogP contribution in [-0.4, -0.2) is 36.2 Å². The molecule has 0 amide bonds. The predicted molar refractivity (Wildman–Crippen MR) is 135 cm³/mol. The van der Waals surface area contributed by atoms with E-state index >= 15 is 0 Å². The molecular formula is C29H31N4O+. The molecule has 172 valence electrons. The largest absolute Gasteiger partial charge is 0.347 e. The highest BCUT2D eigenvalue weighted by molar-refractivity contribution is 6.14. The van der Waals surface area contributed by atoms with Gasteiger partial charge < -0.3 is 10.2 Å². The molecule has 2 atom stereocenters. The van der Waals surface area contributed by atoms with Gasteiger partial charge in [-0.2, -0.15) is 9.84 Å². The number of rotatable bonds is 3. The number of hydrogen-bond acceptors (Lipinski definition) is 4. The van der Waals surface area contributed by atoms with Crippen LogP contribution >= 0.6 is 0 Å². The molecule has 2 aromatic carbocycles. The third kappa shape index (κ3) is 2.91. The number of hydrogen-bond donors (Lipinski definition) is 1. The average molecular weight is 452 g/mol. The van der Waals surface area contributed by atoms with Crippen LogP contribution in [0.4, 0.5) is 11.4 Å². The van der Waals surface area contributed by atoms with Gasteiger partial charge in [0, 0.05) is 47.1 Å². The van der Waals surface area contributed by atoms with Crippen molar-refractivity contribution in [2.75, 3.05) is 19.0 Å². The van der Waals surface area contributed by atoms with Crippen LogP contribution in [0.25, 0.3) is 0 Å². The molecule has 0 radical (unpaired) electrons. The molecule has 34 heavy (non-hydrogen) atoms. The van der Waals surface area contributed by atoms with Gasteiger partial charge in [0.2, 0.25) is 5.69 Å². The molecule has 2 heterocycles. The Morgan fingerprint density at radius 3 is 2.32 bits per heavy atom. The number of fused-ring (bicyclic) bond motifs is 2. The Kier molecular flexibility index (Phi) is 4.84. The summed E-state index contributed by atoms with van der Waals surface area (Å²) >= 11 is 0. The first kappa shape index (κ1) is 22.2. The summed E-state index contributed by atoms with van der Waals surface area (Å²) in [4.78, 5) is 15.7. The van der Waals surface area contributed by atoms with Crippen molar-refractivity contribution in [3.05, 3.63) is 83.1 Å². The van der Waals surface area contributed by atoms with E-state index in [1.54, 1.807) is 0 Å². The van der Waals surface area contributed by atoms with Crippen LogP contribution in [0.5, 0.6) is 0 Å². The van der Waals surface area contributed by atoms with E-state index in [9.17, 15) is 10.1 Å². The van der Waals surface area contributed by atoms with Crippen molar-refractivity contribution >= 4 is 22.9 Å². The van der Waals surface area contributed by atoms with Crippen LogP contribution in [0.2, 0.25) is 0 Å². The number of para-hydroxylation sites is 2. The highest BCUT2D eigenvalue weighted by atomic mass is 16.1. The summed E-state index contributed by atoms with van der Waals surface area (Å²) in [7, 11) is 4.09. The van der Waals surface area contributed by atoms with Gasteiger partial charge in [0.1, 0.15) is 7.05 Å². The third-order valence-electron chi connectivity index (χ3n) is 8.01. The Labute approximate surface area is 201 Å². The Balaban J connectivity index is 1.53. The molecule has 5 heteroatoms. The molecule has 5 rings (SSSR count). The maximum Gasteiger partial charge on any atom is 0.209 e. The smallest absolute Gasteiger partial charge is 0.209 e. The zero-order valence-corrected chi connectivity index (χ0v) is 20.7. The van der Waals surface area contributed by atoms with Crippen molar-refractivity contribution in [2.45, 2.75) is 44.6 Å². The number of anilines is 1. The van der Waals surface area contributed by atoms with Gasteiger partial charge in [-0.25, -0.2) is 0 Å². The Hall–Kier alpha value is -3.65. The maximum atomic E-state index is 13.5. The van der Waals surface area contributed by atoms with Crippen molar-refractivity contribution < 1.29 is 9.37 Å². The number of likely N-dealkylation sites (N-methyl/N-ethyl adjacent to an activating group) is 1. The molecule has 2 aliphatic heterocycles. The molecule has 0 saturated heterocycles. The van der Waals surface area contributed by atoms with Gasteiger partial charge in [0.15, 0.2) is 17.7 Å². The highest BCUT2D eigenvalue weighted by Crippen LogP contribution is 2.48. The van der Waals surface area contributed by atoms with Gasteiger partial charge in [-0.05, 0) is 25.5 Å². The maximum absolute atomic E-state index is 13.5. The predicted octanol–water partition coefficient (Wildman–Crippen LogP) is 4.57. The lowest BCUT2D eigenvalue weighted by Crippen LogP contribution is -2.52. The number of benzene rings is 2. The number of nitriles is 1. The van der Waals surface area contributed by atoms with Gasteiger partial charge in [0.25, 0.3) is 0 Å². The Morgan fingerprint density at radius 2 is 1.68 bits per heavy atom. The van der Waals surface area contributed by atoms with E-state index in [2.05, 4.69) is 98.2 Å². The SMILES string of the molecule is CN1C(=CC2C(=O)C(=CC3=[N+](C)c4ccccc4C3(C)C)C2NC#N)C(C)(C)c2ccccc21. The number of carbonyl (C=O) groups excluding carboxylic acids is 1. The fourth-order valence-corrected chi connectivity index (χ4v) is 6.04. The summed E-state index contributed by atoms with van der Waals surface area (Å²) in [6.07, 6.45) is 6.16. The molecule has 1 saturated carbocycles. The van der Waals surface area contributed by atoms with E-state index in [1.807, 2.05) is 25.3 Å². The van der Waals surface area contributed by atoms with Crippen molar-refractivity contribution in [1.29, 1.82) is 5.26 Å². The van der Waals surface area contributed by atoms with Gasteiger partial charge in [-0.1, -0.05) is 56.3 Å². The summed E-state index contributed by atoms with van der Waals surface area (Å²) in [6.45, 7) is 8.75.